The van der Waals surface area contributed by atoms with Gasteiger partial charge in [0.25, 0.3) is 0 Å². The Hall–Kier alpha value is -0.120. The van der Waals surface area contributed by atoms with Crippen molar-refractivity contribution in [3.63, 3.8) is 0 Å². The third-order valence-corrected chi connectivity index (χ3v) is 2.47. The molecule has 0 aliphatic carbocycles. The smallest absolute Gasteiger partial charge is 0.0500 e. The lowest BCUT2D eigenvalue weighted by molar-refractivity contribution is 0.114. The summed E-state index contributed by atoms with van der Waals surface area (Å²) >= 11 is 0. The number of hydrogen-bond acceptors (Lipinski definition) is 3. The quantitative estimate of drug-likeness (QED) is 0.699. The molecule has 1 aliphatic heterocycles. The molecule has 3 nitrogen and oxygen atoms in total. The van der Waals surface area contributed by atoms with Crippen LogP contribution in [0.3, 0.4) is 0 Å². The summed E-state index contributed by atoms with van der Waals surface area (Å²) in [7, 11) is 1.76. The van der Waals surface area contributed by atoms with Crippen molar-refractivity contribution in [1.29, 1.82) is 0 Å². The van der Waals surface area contributed by atoms with Gasteiger partial charge in [-0.2, -0.15) is 0 Å². The second-order valence-electron chi connectivity index (χ2n) is 3.97. The van der Waals surface area contributed by atoms with Crippen molar-refractivity contribution in [2.45, 2.75) is 26.2 Å². The highest BCUT2D eigenvalue weighted by Crippen LogP contribution is 2.06. The van der Waals surface area contributed by atoms with Crippen LogP contribution < -0.4 is 5.43 Å². The van der Waals surface area contributed by atoms with Gasteiger partial charge in [0.1, 0.15) is 0 Å². The second-order valence-corrected chi connectivity index (χ2v) is 3.97. The normalized spacial score (nSPS) is 21.7. The molecule has 0 bridgehead atoms. The number of nitrogens with one attached hydrogen (secondary N) is 1. The molecule has 1 aliphatic rings. The zero-order valence-corrected chi connectivity index (χ0v) is 8.88. The fourth-order valence-electron chi connectivity index (χ4n) is 1.68. The first-order valence-corrected chi connectivity index (χ1v) is 5.30. The van der Waals surface area contributed by atoms with E-state index in [9.17, 15) is 0 Å². The van der Waals surface area contributed by atoms with Crippen molar-refractivity contribution in [2.24, 2.45) is 5.92 Å². The Balaban J connectivity index is 2.03. The molecular weight excluding hydrogens is 164 g/mol. The second kappa shape index (κ2) is 6.35. The highest BCUT2D eigenvalue weighted by Gasteiger charge is 2.10. The zero-order chi connectivity index (χ0) is 9.52. The Kier molecular flexibility index (Phi) is 5.35. The van der Waals surface area contributed by atoms with Gasteiger partial charge in [-0.15, -0.1) is 0 Å². The van der Waals surface area contributed by atoms with Crippen LogP contribution in [0.15, 0.2) is 0 Å². The van der Waals surface area contributed by atoms with E-state index < -0.39 is 0 Å². The maximum Gasteiger partial charge on any atom is 0.0500 e. The summed E-state index contributed by atoms with van der Waals surface area (Å²) in [4.78, 5) is 0. The third-order valence-electron chi connectivity index (χ3n) is 2.47. The highest BCUT2D eigenvalue weighted by atomic mass is 16.5. The molecule has 1 saturated heterocycles. The Labute approximate surface area is 81.4 Å². The molecule has 0 radical (unpaired) electrons. The summed E-state index contributed by atoms with van der Waals surface area (Å²) < 4.78 is 5.08. The lowest BCUT2D eigenvalue weighted by Gasteiger charge is -2.28. The largest absolute Gasteiger partial charge is 0.384 e. The molecule has 3 heteroatoms. The van der Waals surface area contributed by atoms with Crippen LogP contribution in [0.25, 0.3) is 0 Å². The molecule has 13 heavy (non-hydrogen) atoms. The molecule has 1 atom stereocenters. The maximum atomic E-state index is 5.08. The van der Waals surface area contributed by atoms with E-state index in [0.29, 0.717) is 5.92 Å². The van der Waals surface area contributed by atoms with Gasteiger partial charge < -0.3 is 4.74 Å². The number of nitrogens with zero attached hydrogens (tertiary/aromatic N) is 1. The molecule has 0 spiro atoms. The maximum absolute atomic E-state index is 5.08. The number of ether oxygens (including phenoxy) is 1. The van der Waals surface area contributed by atoms with Gasteiger partial charge in [0.15, 0.2) is 0 Å². The zero-order valence-electron chi connectivity index (χ0n) is 8.88. The van der Waals surface area contributed by atoms with Crippen molar-refractivity contribution in [2.75, 3.05) is 33.4 Å². The van der Waals surface area contributed by atoms with Crippen LogP contribution in [0.2, 0.25) is 0 Å². The van der Waals surface area contributed by atoms with Crippen LogP contribution in [0.1, 0.15) is 26.2 Å². The lowest BCUT2D eigenvalue weighted by Crippen LogP contribution is -2.43. The van der Waals surface area contributed by atoms with E-state index in [0.717, 1.165) is 13.2 Å². The summed E-state index contributed by atoms with van der Waals surface area (Å²) in [5.41, 5.74) is 3.46. The number of methoxy groups -OCH3 is 1. The predicted octanol–water partition coefficient (Wildman–Crippen LogP) is 1.26. The van der Waals surface area contributed by atoms with Gasteiger partial charge in [-0.1, -0.05) is 13.3 Å². The minimum absolute atomic E-state index is 0.604. The molecule has 1 rings (SSSR count). The van der Waals surface area contributed by atoms with Crippen molar-refractivity contribution in [1.82, 2.24) is 10.4 Å². The molecule has 0 aromatic rings. The first-order valence-electron chi connectivity index (χ1n) is 5.30. The number of hydrogen-bond donors (Lipinski definition) is 1. The summed E-state index contributed by atoms with van der Waals surface area (Å²) in [6.45, 7) is 6.51. The lowest BCUT2D eigenvalue weighted by atomic mass is 10.1. The number of piperidine rings is 1. The topological polar surface area (TPSA) is 24.5 Å². The van der Waals surface area contributed by atoms with Gasteiger partial charge in [0.2, 0.25) is 0 Å². The molecule has 0 saturated carbocycles. The van der Waals surface area contributed by atoms with Crippen LogP contribution in [-0.4, -0.2) is 38.4 Å². The van der Waals surface area contributed by atoms with Crippen molar-refractivity contribution >= 4 is 0 Å². The van der Waals surface area contributed by atoms with E-state index in [-0.39, 0.29) is 0 Å². The van der Waals surface area contributed by atoms with Crippen LogP contribution in [0, 0.1) is 5.92 Å². The summed E-state index contributed by atoms with van der Waals surface area (Å²) in [5.74, 6) is 0.604. The van der Waals surface area contributed by atoms with Gasteiger partial charge in [-0.3, -0.25) is 5.43 Å². The summed E-state index contributed by atoms with van der Waals surface area (Å²) in [5, 5.41) is 2.34. The first-order chi connectivity index (χ1) is 6.33. The third kappa shape index (κ3) is 4.60. The minimum atomic E-state index is 0.604. The molecular formula is C10H22N2O. The Morgan fingerprint density at radius 3 is 2.62 bits per heavy atom. The molecule has 1 unspecified atom stereocenters. The molecule has 0 aromatic carbocycles. The van der Waals surface area contributed by atoms with E-state index in [4.69, 9.17) is 4.74 Å². The van der Waals surface area contributed by atoms with Crippen molar-refractivity contribution in [3.8, 4) is 0 Å². The van der Waals surface area contributed by atoms with E-state index in [2.05, 4.69) is 17.4 Å². The number of rotatable bonds is 5. The van der Waals surface area contributed by atoms with Gasteiger partial charge in [-0.25, -0.2) is 5.01 Å². The fourth-order valence-corrected chi connectivity index (χ4v) is 1.68. The van der Waals surface area contributed by atoms with Crippen LogP contribution in [0.5, 0.6) is 0 Å². The van der Waals surface area contributed by atoms with Crippen LogP contribution in [0.4, 0.5) is 0 Å². The van der Waals surface area contributed by atoms with Crippen molar-refractivity contribution in [3.05, 3.63) is 0 Å². The summed E-state index contributed by atoms with van der Waals surface area (Å²) in [6, 6.07) is 0. The summed E-state index contributed by atoms with van der Waals surface area (Å²) in [6.07, 6.45) is 4.07. The van der Waals surface area contributed by atoms with Crippen LogP contribution in [-0.2, 0) is 4.74 Å². The van der Waals surface area contributed by atoms with E-state index >= 15 is 0 Å². The fraction of sp³-hybridized carbons (Fsp3) is 1.00. The molecule has 1 heterocycles. The van der Waals surface area contributed by atoms with Crippen molar-refractivity contribution < 1.29 is 4.74 Å². The average molecular weight is 186 g/mol. The van der Waals surface area contributed by atoms with E-state index in [1.165, 1.54) is 32.4 Å². The standard InChI is InChI=1S/C10H22N2O/c1-10(9-13-2)8-11-12-6-4-3-5-7-12/h10-11H,3-9H2,1-2H3. The molecule has 0 aromatic heterocycles. The molecule has 78 valence electrons. The molecule has 1 fully saturated rings. The highest BCUT2D eigenvalue weighted by molar-refractivity contribution is 4.62. The molecule has 0 amide bonds. The first kappa shape index (κ1) is 11.0. The Bertz CT molecular complexity index is 124. The Morgan fingerprint density at radius 1 is 1.31 bits per heavy atom. The molecule has 1 N–H and O–H groups in total. The Morgan fingerprint density at radius 2 is 2.00 bits per heavy atom. The van der Waals surface area contributed by atoms with Gasteiger partial charge in [0, 0.05) is 26.7 Å². The average Bonchev–Trinajstić information content (AvgIpc) is 2.17. The monoisotopic (exact) mass is 186 g/mol. The van der Waals surface area contributed by atoms with Gasteiger partial charge in [0.05, 0.1) is 6.61 Å². The van der Waals surface area contributed by atoms with Gasteiger partial charge in [-0.05, 0) is 18.8 Å². The number of hydrazine groups is 1. The van der Waals surface area contributed by atoms with Crippen LogP contribution >= 0.6 is 0 Å². The van der Waals surface area contributed by atoms with E-state index in [1.54, 1.807) is 7.11 Å². The minimum Gasteiger partial charge on any atom is -0.384 e. The predicted molar refractivity (Wildman–Crippen MR) is 54.5 cm³/mol. The van der Waals surface area contributed by atoms with Gasteiger partial charge >= 0.3 is 0 Å². The SMILES string of the molecule is COCC(C)CNN1CCCCC1. The van der Waals surface area contributed by atoms with E-state index in [1.807, 2.05) is 0 Å².